The zero-order chi connectivity index (χ0) is 29.6. The van der Waals surface area contributed by atoms with Gasteiger partial charge in [-0.15, -0.1) is 0 Å². The molecule has 0 heterocycles. The number of rotatable bonds is 9. The van der Waals surface area contributed by atoms with Crippen molar-refractivity contribution in [3.63, 3.8) is 0 Å². The number of ether oxygens (including phenoxy) is 4. The summed E-state index contributed by atoms with van der Waals surface area (Å²) in [4.78, 5) is 24.0. The molecule has 0 radical (unpaired) electrons. The first-order valence-electron chi connectivity index (χ1n) is 15.2. The van der Waals surface area contributed by atoms with Crippen molar-refractivity contribution in [1.82, 2.24) is 0 Å². The van der Waals surface area contributed by atoms with Crippen LogP contribution in [0.3, 0.4) is 0 Å². The van der Waals surface area contributed by atoms with Crippen molar-refractivity contribution in [1.29, 1.82) is 0 Å². The van der Waals surface area contributed by atoms with Gasteiger partial charge in [0.15, 0.2) is 0 Å². The van der Waals surface area contributed by atoms with Gasteiger partial charge in [-0.25, -0.2) is 0 Å². The van der Waals surface area contributed by atoms with Gasteiger partial charge in [-0.3, -0.25) is 9.59 Å². The van der Waals surface area contributed by atoms with E-state index in [0.29, 0.717) is 24.2 Å². The Morgan fingerprint density at radius 2 is 1.55 bits per heavy atom. The molecule has 228 valence electrons. The standard InChI is InChI=1S/C32H50F2O6/c1-18(2)32(33,34)29(38-17-37-8)19(3)24-9-10-25-23-16-28(40-21(5)36)27-15-22(39-20(4)35)11-13-31(27,7)26(23)12-14-30(24,25)6/h19,22-29H,1,9-17H2,2-8H3/t19-,22+,23-,24+,25-,26-,27-,28-,29+,30+,31+/m0/s1. The Hall–Kier alpha value is -1.54. The lowest BCUT2D eigenvalue weighted by Gasteiger charge is -2.62. The molecule has 4 saturated carbocycles. The van der Waals surface area contributed by atoms with Gasteiger partial charge in [0, 0.05) is 26.9 Å². The van der Waals surface area contributed by atoms with Crippen LogP contribution in [-0.2, 0) is 28.5 Å². The maximum atomic E-state index is 15.4. The molecule has 0 spiro atoms. The van der Waals surface area contributed by atoms with E-state index in [1.54, 1.807) is 0 Å². The second-order valence-corrected chi connectivity index (χ2v) is 13.9. The van der Waals surface area contributed by atoms with Crippen LogP contribution in [0.4, 0.5) is 8.78 Å². The van der Waals surface area contributed by atoms with Crippen molar-refractivity contribution >= 4 is 11.9 Å². The van der Waals surface area contributed by atoms with E-state index in [9.17, 15) is 9.59 Å². The van der Waals surface area contributed by atoms with E-state index in [1.165, 1.54) is 27.9 Å². The summed E-state index contributed by atoms with van der Waals surface area (Å²) in [6, 6.07) is 0. The maximum Gasteiger partial charge on any atom is 0.302 e. The lowest BCUT2D eigenvalue weighted by atomic mass is 9.43. The van der Waals surface area contributed by atoms with Gasteiger partial charge in [0.2, 0.25) is 0 Å². The number of hydrogen-bond donors (Lipinski definition) is 0. The SMILES string of the molecule is C=C(C)C(F)(F)[C@H](OCOC)[C@@H](C)[C@H]1CC[C@H]2[C@@H]3C[C@H](OC(C)=O)[C@@H]4C[C@H](OC(C)=O)CC[C@]4(C)[C@H]3CC[C@]12C. The second-order valence-electron chi connectivity index (χ2n) is 13.9. The molecule has 0 aromatic rings. The van der Waals surface area contributed by atoms with Crippen LogP contribution < -0.4 is 0 Å². The van der Waals surface area contributed by atoms with E-state index in [4.69, 9.17) is 18.9 Å². The maximum absolute atomic E-state index is 15.4. The molecule has 4 aliphatic carbocycles. The molecule has 4 rings (SSSR count). The smallest absolute Gasteiger partial charge is 0.302 e. The highest BCUT2D eigenvalue weighted by atomic mass is 19.3. The van der Waals surface area contributed by atoms with Gasteiger partial charge in [-0.05, 0) is 104 Å². The Labute approximate surface area is 238 Å². The van der Waals surface area contributed by atoms with Crippen molar-refractivity contribution in [2.45, 2.75) is 117 Å². The average molecular weight is 569 g/mol. The van der Waals surface area contributed by atoms with Crippen LogP contribution in [-0.4, -0.2) is 50.1 Å². The van der Waals surface area contributed by atoms with Crippen molar-refractivity contribution in [2.75, 3.05) is 13.9 Å². The third-order valence-electron chi connectivity index (χ3n) is 11.7. The Kier molecular flexibility index (Phi) is 9.12. The highest BCUT2D eigenvalue weighted by Gasteiger charge is 2.64. The first kappa shape index (κ1) is 31.4. The van der Waals surface area contributed by atoms with E-state index in [-0.39, 0.29) is 65.1 Å². The van der Waals surface area contributed by atoms with Crippen molar-refractivity contribution in [3.05, 3.63) is 12.2 Å². The Bertz CT molecular complexity index is 969. The molecule has 0 unspecified atom stereocenters. The average Bonchev–Trinajstić information content (AvgIpc) is 3.21. The van der Waals surface area contributed by atoms with Gasteiger partial charge in [-0.1, -0.05) is 27.4 Å². The fourth-order valence-corrected chi connectivity index (χ4v) is 10.0. The summed E-state index contributed by atoms with van der Waals surface area (Å²) in [7, 11) is 1.45. The van der Waals surface area contributed by atoms with Gasteiger partial charge in [0.25, 0.3) is 5.92 Å². The molecular weight excluding hydrogens is 518 g/mol. The van der Waals surface area contributed by atoms with E-state index < -0.39 is 12.0 Å². The minimum absolute atomic E-state index is 0.0260. The van der Waals surface area contributed by atoms with Crippen molar-refractivity contribution in [2.24, 2.45) is 46.3 Å². The number of halogens is 2. The predicted octanol–water partition coefficient (Wildman–Crippen LogP) is 6.96. The molecule has 0 aromatic heterocycles. The van der Waals surface area contributed by atoms with Crippen LogP contribution in [0.2, 0.25) is 0 Å². The molecule has 0 bridgehead atoms. The number of alkyl halides is 2. The molecule has 4 aliphatic rings. The van der Waals surface area contributed by atoms with Crippen LogP contribution in [0.25, 0.3) is 0 Å². The molecule has 0 N–H and O–H groups in total. The Morgan fingerprint density at radius 3 is 2.15 bits per heavy atom. The Morgan fingerprint density at radius 1 is 0.925 bits per heavy atom. The summed E-state index contributed by atoms with van der Waals surface area (Å²) in [6.45, 7) is 14.3. The number of fused-ring (bicyclic) bond motifs is 5. The molecule has 40 heavy (non-hydrogen) atoms. The molecule has 4 fully saturated rings. The molecule has 6 nitrogen and oxygen atoms in total. The lowest BCUT2D eigenvalue weighted by Crippen LogP contribution is -2.59. The van der Waals surface area contributed by atoms with Crippen LogP contribution >= 0.6 is 0 Å². The molecule has 11 atom stereocenters. The normalized spacial score (nSPS) is 40.7. The van der Waals surface area contributed by atoms with E-state index in [2.05, 4.69) is 20.4 Å². The number of methoxy groups -OCH3 is 1. The van der Waals surface area contributed by atoms with Crippen LogP contribution in [0.15, 0.2) is 12.2 Å². The highest BCUT2D eigenvalue weighted by Crippen LogP contribution is 2.69. The lowest BCUT2D eigenvalue weighted by molar-refractivity contribution is -0.205. The first-order valence-corrected chi connectivity index (χ1v) is 15.2. The second kappa shape index (κ2) is 11.6. The summed E-state index contributed by atoms with van der Waals surface area (Å²) in [5, 5.41) is 0. The number of esters is 2. The largest absolute Gasteiger partial charge is 0.463 e. The fourth-order valence-electron chi connectivity index (χ4n) is 10.0. The third kappa shape index (κ3) is 5.48. The Balaban J connectivity index is 1.62. The summed E-state index contributed by atoms with van der Waals surface area (Å²) in [6.07, 6.45) is 5.43. The first-order chi connectivity index (χ1) is 18.7. The topological polar surface area (TPSA) is 71.1 Å². The molecule has 0 aromatic carbocycles. The van der Waals surface area contributed by atoms with Gasteiger partial charge in [0.05, 0.1) is 0 Å². The summed E-state index contributed by atoms with van der Waals surface area (Å²) in [5.41, 5.74) is -0.329. The third-order valence-corrected chi connectivity index (χ3v) is 11.7. The minimum atomic E-state index is -3.16. The van der Waals surface area contributed by atoms with E-state index >= 15 is 8.78 Å². The quantitative estimate of drug-likeness (QED) is 0.170. The fraction of sp³-hybridized carbons (Fsp3) is 0.875. The van der Waals surface area contributed by atoms with Crippen LogP contribution in [0.1, 0.15) is 92.9 Å². The summed E-state index contributed by atoms with van der Waals surface area (Å²) < 4.78 is 53.2. The van der Waals surface area contributed by atoms with E-state index in [0.717, 1.165) is 44.9 Å². The number of carbonyl (C=O) groups excluding carboxylic acids is 2. The predicted molar refractivity (Wildman–Crippen MR) is 147 cm³/mol. The molecular formula is C32H50F2O6. The van der Waals surface area contributed by atoms with Gasteiger partial charge >= 0.3 is 11.9 Å². The van der Waals surface area contributed by atoms with Gasteiger partial charge in [-0.2, -0.15) is 8.78 Å². The minimum Gasteiger partial charge on any atom is -0.463 e. The highest BCUT2D eigenvalue weighted by molar-refractivity contribution is 5.66. The molecule has 0 aliphatic heterocycles. The molecule has 8 heteroatoms. The monoisotopic (exact) mass is 568 g/mol. The summed E-state index contributed by atoms with van der Waals surface area (Å²) in [5.74, 6) is -2.70. The molecule has 0 saturated heterocycles. The van der Waals surface area contributed by atoms with Crippen molar-refractivity contribution < 1.29 is 37.3 Å². The van der Waals surface area contributed by atoms with Crippen molar-refractivity contribution in [3.8, 4) is 0 Å². The van der Waals surface area contributed by atoms with Gasteiger partial charge < -0.3 is 18.9 Å². The molecule has 0 amide bonds. The summed E-state index contributed by atoms with van der Waals surface area (Å²) >= 11 is 0. The van der Waals surface area contributed by atoms with Gasteiger partial charge in [0.1, 0.15) is 25.1 Å². The zero-order valence-electron chi connectivity index (χ0n) is 25.5. The zero-order valence-corrected chi connectivity index (χ0v) is 25.5. The van der Waals surface area contributed by atoms with Crippen LogP contribution in [0, 0.1) is 46.3 Å². The van der Waals surface area contributed by atoms with Crippen LogP contribution in [0.5, 0.6) is 0 Å². The number of carbonyl (C=O) groups is 2. The van der Waals surface area contributed by atoms with E-state index in [1.807, 2.05) is 6.92 Å². The number of hydrogen-bond acceptors (Lipinski definition) is 6.